The molecule has 1 saturated carbocycles. The molecule has 1 aliphatic carbocycles. The minimum atomic E-state index is -0.546. The Morgan fingerprint density at radius 3 is 2.50 bits per heavy atom. The van der Waals surface area contributed by atoms with Gasteiger partial charge in [-0.2, -0.15) is 5.10 Å². The summed E-state index contributed by atoms with van der Waals surface area (Å²) in [4.78, 5) is 29.8. The van der Waals surface area contributed by atoms with Gasteiger partial charge in [0, 0.05) is 23.2 Å². The van der Waals surface area contributed by atoms with E-state index in [2.05, 4.69) is 21.0 Å². The molecule has 34 heavy (non-hydrogen) atoms. The topological polar surface area (TPSA) is 112 Å². The van der Waals surface area contributed by atoms with Crippen molar-refractivity contribution in [2.75, 3.05) is 0 Å². The smallest absolute Gasteiger partial charge is 0.267 e. The summed E-state index contributed by atoms with van der Waals surface area (Å²) in [5, 5.41) is 4.44. The molecule has 1 amide bonds. The second kappa shape index (κ2) is 9.96. The predicted molar refractivity (Wildman–Crippen MR) is 127 cm³/mol. The molecule has 170 valence electrons. The number of carbonyl (C=O) groups is 2. The highest BCUT2D eigenvalue weighted by Gasteiger charge is 2.27. The van der Waals surface area contributed by atoms with Crippen LogP contribution in [0.2, 0.25) is 0 Å². The van der Waals surface area contributed by atoms with Crippen LogP contribution in [0.15, 0.2) is 60.8 Å². The first-order chi connectivity index (χ1) is 16.4. The number of rotatable bonds is 6. The summed E-state index contributed by atoms with van der Waals surface area (Å²) >= 11 is 0. The molecule has 0 aliphatic heterocycles. The first-order valence-electron chi connectivity index (χ1n) is 10.8. The number of ether oxygens (including phenoxy) is 1. The number of aromatic nitrogens is 4. The number of nitrogens with two attached hydrogens (primary N) is 1. The van der Waals surface area contributed by atoms with Gasteiger partial charge in [0.05, 0.1) is 5.69 Å². The van der Waals surface area contributed by atoms with E-state index < -0.39 is 5.91 Å². The molecule has 0 unspecified atom stereocenters. The van der Waals surface area contributed by atoms with Crippen molar-refractivity contribution in [3.63, 3.8) is 0 Å². The van der Waals surface area contributed by atoms with Crippen LogP contribution in [-0.4, -0.2) is 31.3 Å². The molecule has 0 bridgehead atoms. The molecule has 3 heterocycles. The standard InChI is InChI=1S/C20H17N5O2.C6H6O/c1-13-23-19-4-2-3-18(25(19)24-13)15-6-8-16(9-7-15)27-12-14-5-10-17(20(21)26)22-11-14;1-2-6(7)5-3-4-5/h2-11H,12H2,1H3,(H2,21,26);1,5H,3-4H2. The molecule has 8 heteroatoms. The van der Waals surface area contributed by atoms with Crippen LogP contribution >= 0.6 is 0 Å². The Balaban J connectivity index is 0.000000336. The van der Waals surface area contributed by atoms with Crippen molar-refractivity contribution in [3.8, 4) is 29.4 Å². The molecule has 1 aliphatic rings. The number of carbonyl (C=O) groups excluding carboxylic acids is 2. The fourth-order valence-corrected chi connectivity index (χ4v) is 3.24. The summed E-state index contributed by atoms with van der Waals surface area (Å²) in [6.45, 7) is 2.22. The fourth-order valence-electron chi connectivity index (χ4n) is 3.24. The van der Waals surface area contributed by atoms with E-state index in [9.17, 15) is 9.59 Å². The first kappa shape index (κ1) is 22.7. The first-order valence-corrected chi connectivity index (χ1v) is 10.8. The number of primary amides is 1. The molecule has 0 atom stereocenters. The van der Waals surface area contributed by atoms with Crippen molar-refractivity contribution in [2.24, 2.45) is 11.7 Å². The van der Waals surface area contributed by atoms with Gasteiger partial charge in [0.2, 0.25) is 5.78 Å². The number of ketones is 1. The van der Waals surface area contributed by atoms with Crippen LogP contribution in [0, 0.1) is 25.2 Å². The van der Waals surface area contributed by atoms with Crippen molar-refractivity contribution in [3.05, 3.63) is 77.9 Å². The largest absolute Gasteiger partial charge is 0.489 e. The molecule has 1 fully saturated rings. The van der Waals surface area contributed by atoms with Gasteiger partial charge in [-0.15, -0.1) is 6.42 Å². The van der Waals surface area contributed by atoms with Gasteiger partial charge in [0.15, 0.2) is 5.65 Å². The van der Waals surface area contributed by atoms with Crippen molar-refractivity contribution >= 4 is 17.3 Å². The lowest BCUT2D eigenvalue weighted by Crippen LogP contribution is -2.13. The lowest BCUT2D eigenvalue weighted by molar-refractivity contribution is -0.114. The maximum absolute atomic E-state index is 11.0. The minimum absolute atomic E-state index is 0.0139. The number of aryl methyl sites for hydroxylation is 1. The Kier molecular flexibility index (Phi) is 6.64. The molecule has 2 N–H and O–H groups in total. The Hall–Kier alpha value is -4.51. The maximum atomic E-state index is 11.0. The normalized spacial score (nSPS) is 12.4. The SMILES string of the molecule is C#CC(=O)C1CC1.Cc1nc2cccc(-c3ccc(OCc4ccc(C(N)=O)nc4)cc3)n2n1. The van der Waals surface area contributed by atoms with Crippen LogP contribution in [0.4, 0.5) is 0 Å². The average molecular weight is 454 g/mol. The Morgan fingerprint density at radius 1 is 1.15 bits per heavy atom. The molecular formula is C26H23N5O3. The Morgan fingerprint density at radius 2 is 1.91 bits per heavy atom. The summed E-state index contributed by atoms with van der Waals surface area (Å²) < 4.78 is 7.61. The van der Waals surface area contributed by atoms with E-state index >= 15 is 0 Å². The fraction of sp³-hybridized carbons (Fsp3) is 0.192. The average Bonchev–Trinajstić information content (AvgIpc) is 3.63. The predicted octanol–water partition coefficient (Wildman–Crippen LogP) is 3.38. The van der Waals surface area contributed by atoms with E-state index in [0.717, 1.165) is 46.9 Å². The van der Waals surface area contributed by atoms with Gasteiger partial charge in [-0.25, -0.2) is 9.50 Å². The van der Waals surface area contributed by atoms with Crippen molar-refractivity contribution in [1.29, 1.82) is 0 Å². The van der Waals surface area contributed by atoms with Crippen LogP contribution in [0.25, 0.3) is 16.9 Å². The van der Waals surface area contributed by atoms with E-state index in [-0.39, 0.29) is 17.4 Å². The third-order valence-electron chi connectivity index (χ3n) is 5.19. The number of terminal acetylenes is 1. The maximum Gasteiger partial charge on any atom is 0.267 e. The third kappa shape index (κ3) is 5.45. The number of pyridine rings is 2. The minimum Gasteiger partial charge on any atom is -0.489 e. The van der Waals surface area contributed by atoms with Gasteiger partial charge in [0.25, 0.3) is 5.91 Å². The van der Waals surface area contributed by atoms with Crippen LogP contribution in [-0.2, 0) is 11.4 Å². The zero-order valence-corrected chi connectivity index (χ0v) is 18.6. The highest BCUT2D eigenvalue weighted by Crippen LogP contribution is 2.29. The van der Waals surface area contributed by atoms with Crippen molar-refractivity contribution in [1.82, 2.24) is 19.6 Å². The number of amides is 1. The zero-order valence-electron chi connectivity index (χ0n) is 18.6. The zero-order chi connectivity index (χ0) is 24.1. The number of nitrogens with zero attached hydrogens (tertiary/aromatic N) is 4. The van der Waals surface area contributed by atoms with Gasteiger partial charge in [0.1, 0.15) is 23.9 Å². The second-order valence-electron chi connectivity index (χ2n) is 7.85. The van der Waals surface area contributed by atoms with E-state index in [0.29, 0.717) is 6.61 Å². The van der Waals surface area contributed by atoms with Crippen LogP contribution in [0.3, 0.4) is 0 Å². The molecule has 5 rings (SSSR count). The lowest BCUT2D eigenvalue weighted by Gasteiger charge is -2.08. The lowest BCUT2D eigenvalue weighted by atomic mass is 10.1. The van der Waals surface area contributed by atoms with E-state index in [1.54, 1.807) is 18.3 Å². The van der Waals surface area contributed by atoms with Crippen LogP contribution in [0.5, 0.6) is 5.75 Å². The number of hydrogen-bond acceptors (Lipinski definition) is 6. The van der Waals surface area contributed by atoms with Gasteiger partial charge in [-0.1, -0.05) is 12.1 Å². The van der Waals surface area contributed by atoms with Crippen molar-refractivity contribution in [2.45, 2.75) is 26.4 Å². The summed E-state index contributed by atoms with van der Waals surface area (Å²) in [5.74, 6) is 3.24. The van der Waals surface area contributed by atoms with Crippen LogP contribution in [0.1, 0.15) is 34.7 Å². The summed E-state index contributed by atoms with van der Waals surface area (Å²) in [6.07, 6.45) is 8.43. The van der Waals surface area contributed by atoms with Gasteiger partial charge >= 0.3 is 0 Å². The quantitative estimate of drug-likeness (QED) is 0.354. The highest BCUT2D eigenvalue weighted by molar-refractivity contribution is 5.98. The van der Waals surface area contributed by atoms with E-state index in [1.165, 1.54) is 0 Å². The Labute approximate surface area is 196 Å². The number of fused-ring (bicyclic) bond motifs is 1. The molecule has 1 aromatic carbocycles. The molecule has 3 aromatic heterocycles. The molecule has 4 aromatic rings. The van der Waals surface area contributed by atoms with Crippen molar-refractivity contribution < 1.29 is 14.3 Å². The number of Topliss-reactive ketones (excluding diaryl/α,β-unsaturated/α-hetero) is 1. The number of benzene rings is 1. The molecular weight excluding hydrogens is 430 g/mol. The van der Waals surface area contributed by atoms with Gasteiger partial charge < -0.3 is 10.5 Å². The second-order valence-corrected chi connectivity index (χ2v) is 7.85. The summed E-state index contributed by atoms with van der Waals surface area (Å²) in [6, 6.07) is 17.0. The third-order valence-corrected chi connectivity index (χ3v) is 5.19. The summed E-state index contributed by atoms with van der Waals surface area (Å²) in [5.41, 5.74) is 9.07. The number of hydrogen-bond donors (Lipinski definition) is 1. The molecule has 0 saturated heterocycles. The van der Waals surface area contributed by atoms with E-state index in [1.807, 2.05) is 53.9 Å². The summed E-state index contributed by atoms with van der Waals surface area (Å²) in [7, 11) is 0. The molecule has 0 spiro atoms. The van der Waals surface area contributed by atoms with Gasteiger partial charge in [-0.05, 0) is 68.2 Å². The van der Waals surface area contributed by atoms with E-state index in [4.69, 9.17) is 16.9 Å². The van der Waals surface area contributed by atoms with Gasteiger partial charge in [-0.3, -0.25) is 14.6 Å². The Bertz CT molecular complexity index is 1360. The van der Waals surface area contributed by atoms with Crippen LogP contribution < -0.4 is 10.5 Å². The highest BCUT2D eigenvalue weighted by atomic mass is 16.5. The molecule has 8 nitrogen and oxygen atoms in total. The monoisotopic (exact) mass is 453 g/mol. The molecule has 0 radical (unpaired) electrons.